The van der Waals surface area contributed by atoms with Gasteiger partial charge in [-0.15, -0.1) is 16.7 Å². The number of esters is 1. The molecule has 10 heteroatoms. The largest absolute Gasteiger partial charge is 0.468 e. The molecule has 1 aliphatic carbocycles. The molecule has 0 fully saturated rings. The molecular formula is C16H18ClF2N3O4. The predicted molar refractivity (Wildman–Crippen MR) is 91.0 cm³/mol. The first-order valence-electron chi connectivity index (χ1n) is 7.66. The Kier molecular flexibility index (Phi) is 6.14. The molecule has 7 nitrogen and oxygen atoms in total. The second kappa shape index (κ2) is 7.96. The van der Waals surface area contributed by atoms with Crippen molar-refractivity contribution in [1.29, 1.82) is 0 Å². The first kappa shape index (κ1) is 20.1. The SMILES string of the molecule is C=CC(F)(F)C(O)Cn1c(C2=CCC(Cl)C=C2)nn(CC(=O)OC)c1=O. The molecule has 0 saturated carbocycles. The van der Waals surface area contributed by atoms with E-state index < -0.39 is 36.8 Å². The van der Waals surface area contributed by atoms with E-state index in [1.54, 1.807) is 18.2 Å². The fourth-order valence-corrected chi connectivity index (χ4v) is 2.46. The van der Waals surface area contributed by atoms with Gasteiger partial charge in [0.15, 0.2) is 5.82 Å². The van der Waals surface area contributed by atoms with Gasteiger partial charge in [-0.2, -0.15) is 8.78 Å². The molecule has 0 spiro atoms. The highest BCUT2D eigenvalue weighted by molar-refractivity contribution is 6.22. The summed E-state index contributed by atoms with van der Waals surface area (Å²) in [5.74, 6) is -4.29. The van der Waals surface area contributed by atoms with Gasteiger partial charge < -0.3 is 9.84 Å². The summed E-state index contributed by atoms with van der Waals surface area (Å²) >= 11 is 5.96. The fraction of sp³-hybridized carbons (Fsp3) is 0.438. The Morgan fingerprint density at radius 2 is 2.35 bits per heavy atom. The minimum absolute atomic E-state index is 0.0395. The van der Waals surface area contributed by atoms with Gasteiger partial charge in [-0.3, -0.25) is 9.36 Å². The van der Waals surface area contributed by atoms with Gasteiger partial charge in [0.05, 0.1) is 19.0 Å². The maximum absolute atomic E-state index is 13.6. The molecule has 2 unspecified atom stereocenters. The van der Waals surface area contributed by atoms with E-state index in [2.05, 4.69) is 16.4 Å². The van der Waals surface area contributed by atoms with Gasteiger partial charge in [0.25, 0.3) is 5.92 Å². The van der Waals surface area contributed by atoms with E-state index in [4.69, 9.17) is 11.6 Å². The molecule has 142 valence electrons. The maximum Gasteiger partial charge on any atom is 0.346 e. The number of hydrogen-bond donors (Lipinski definition) is 1. The number of ether oxygens (including phenoxy) is 1. The molecule has 1 aromatic heterocycles. The molecule has 1 heterocycles. The molecule has 1 aliphatic rings. The summed E-state index contributed by atoms with van der Waals surface area (Å²) in [6.45, 7) is 1.76. The van der Waals surface area contributed by atoms with Crippen LogP contribution in [0, 0.1) is 0 Å². The van der Waals surface area contributed by atoms with Crippen LogP contribution in [0.1, 0.15) is 12.2 Å². The Balaban J connectivity index is 2.46. The van der Waals surface area contributed by atoms with Gasteiger partial charge in [0, 0.05) is 5.57 Å². The number of hydrogen-bond acceptors (Lipinski definition) is 5. The molecule has 0 amide bonds. The van der Waals surface area contributed by atoms with Crippen LogP contribution in [0.4, 0.5) is 8.78 Å². The summed E-state index contributed by atoms with van der Waals surface area (Å²) in [5.41, 5.74) is -0.358. The van der Waals surface area contributed by atoms with Gasteiger partial charge >= 0.3 is 11.7 Å². The number of carbonyl (C=O) groups is 1. The van der Waals surface area contributed by atoms with Gasteiger partial charge in [-0.05, 0) is 12.5 Å². The third kappa shape index (κ3) is 4.28. The van der Waals surface area contributed by atoms with Crippen molar-refractivity contribution >= 4 is 23.1 Å². The maximum atomic E-state index is 13.6. The number of allylic oxidation sites excluding steroid dienone is 4. The minimum atomic E-state index is -3.60. The normalized spacial score (nSPS) is 18.3. The van der Waals surface area contributed by atoms with E-state index in [0.29, 0.717) is 18.1 Å². The predicted octanol–water partition coefficient (Wildman–Crippen LogP) is 1.35. The molecule has 0 aliphatic heterocycles. The van der Waals surface area contributed by atoms with Crippen molar-refractivity contribution in [3.05, 3.63) is 47.2 Å². The summed E-state index contributed by atoms with van der Waals surface area (Å²) in [6.07, 6.45) is 3.52. The highest BCUT2D eigenvalue weighted by atomic mass is 35.5. The third-order valence-electron chi connectivity index (χ3n) is 3.81. The second-order valence-corrected chi connectivity index (χ2v) is 6.18. The zero-order chi connectivity index (χ0) is 19.5. The number of aliphatic hydroxyl groups excluding tert-OH is 1. The first-order valence-corrected chi connectivity index (χ1v) is 8.10. The molecule has 1 N–H and O–H groups in total. The van der Waals surface area contributed by atoms with Crippen LogP contribution in [0.3, 0.4) is 0 Å². The van der Waals surface area contributed by atoms with Crippen LogP contribution in [0.2, 0.25) is 0 Å². The first-order chi connectivity index (χ1) is 12.2. The van der Waals surface area contributed by atoms with Gasteiger partial charge in [0.2, 0.25) is 0 Å². The lowest BCUT2D eigenvalue weighted by Crippen LogP contribution is -2.39. The number of nitrogens with zero attached hydrogens (tertiary/aromatic N) is 3. The number of rotatable bonds is 7. The van der Waals surface area contributed by atoms with Crippen molar-refractivity contribution in [2.24, 2.45) is 0 Å². The lowest BCUT2D eigenvalue weighted by atomic mass is 10.1. The van der Waals surface area contributed by atoms with Crippen molar-refractivity contribution in [1.82, 2.24) is 14.3 Å². The van der Waals surface area contributed by atoms with Crippen molar-refractivity contribution < 1.29 is 23.4 Å². The summed E-state index contributed by atoms with van der Waals surface area (Å²) in [5, 5.41) is 13.6. The Morgan fingerprint density at radius 1 is 1.65 bits per heavy atom. The minimum Gasteiger partial charge on any atom is -0.468 e. The van der Waals surface area contributed by atoms with E-state index in [9.17, 15) is 23.5 Å². The number of aromatic nitrogens is 3. The Labute approximate surface area is 152 Å². The lowest BCUT2D eigenvalue weighted by Gasteiger charge is -2.20. The van der Waals surface area contributed by atoms with Crippen molar-refractivity contribution in [3.8, 4) is 0 Å². The van der Waals surface area contributed by atoms with E-state index in [-0.39, 0.29) is 11.2 Å². The number of aliphatic hydroxyl groups is 1. The Bertz CT molecular complexity index is 813. The molecule has 0 bridgehead atoms. The van der Waals surface area contributed by atoms with Gasteiger partial charge in [-0.1, -0.05) is 24.8 Å². The smallest absolute Gasteiger partial charge is 0.346 e. The van der Waals surface area contributed by atoms with Crippen molar-refractivity contribution in [3.63, 3.8) is 0 Å². The van der Waals surface area contributed by atoms with E-state index in [1.807, 2.05) is 0 Å². The standard InChI is InChI=1S/C16H18ClF2N3O4/c1-3-16(18,19)12(23)8-21-14(10-4-6-11(17)7-5-10)20-22(15(21)25)9-13(24)26-2/h3-6,11-12,23H,1,7-9H2,2H3. The molecule has 2 atom stereocenters. The number of carbonyl (C=O) groups excluding carboxylic acids is 1. The average Bonchev–Trinajstić information content (AvgIpc) is 2.91. The number of alkyl halides is 3. The monoisotopic (exact) mass is 389 g/mol. The summed E-state index contributed by atoms with van der Waals surface area (Å²) in [6, 6.07) is 0. The Hall–Kier alpha value is -2.26. The van der Waals surface area contributed by atoms with E-state index in [0.717, 1.165) is 16.4 Å². The van der Waals surface area contributed by atoms with E-state index >= 15 is 0 Å². The summed E-state index contributed by atoms with van der Waals surface area (Å²) in [7, 11) is 1.15. The van der Waals surface area contributed by atoms with Crippen LogP contribution in [0.25, 0.3) is 5.57 Å². The quantitative estimate of drug-likeness (QED) is 0.432. The van der Waals surface area contributed by atoms with Crippen LogP contribution in [-0.4, -0.2) is 49.9 Å². The molecule has 0 saturated heterocycles. The van der Waals surface area contributed by atoms with Crippen LogP contribution < -0.4 is 5.69 Å². The van der Waals surface area contributed by atoms with E-state index in [1.165, 1.54) is 0 Å². The summed E-state index contributed by atoms with van der Waals surface area (Å²) < 4.78 is 33.4. The highest BCUT2D eigenvalue weighted by Gasteiger charge is 2.36. The van der Waals surface area contributed by atoms with Crippen molar-refractivity contribution in [2.75, 3.05) is 7.11 Å². The Morgan fingerprint density at radius 3 is 2.88 bits per heavy atom. The van der Waals surface area contributed by atoms with Gasteiger partial charge in [-0.25, -0.2) is 9.48 Å². The molecule has 0 aromatic carbocycles. The third-order valence-corrected chi connectivity index (χ3v) is 4.13. The van der Waals surface area contributed by atoms with Gasteiger partial charge in [0.1, 0.15) is 12.6 Å². The second-order valence-electron chi connectivity index (χ2n) is 5.62. The molecule has 26 heavy (non-hydrogen) atoms. The zero-order valence-electron chi connectivity index (χ0n) is 13.9. The van der Waals surface area contributed by atoms with Crippen LogP contribution >= 0.6 is 11.6 Å². The molecular weight excluding hydrogens is 372 g/mol. The number of methoxy groups -OCH3 is 1. The number of halogens is 3. The van der Waals surface area contributed by atoms with Crippen LogP contribution in [-0.2, 0) is 22.6 Å². The topological polar surface area (TPSA) is 86.3 Å². The molecule has 1 aromatic rings. The van der Waals surface area contributed by atoms with Crippen LogP contribution in [0.5, 0.6) is 0 Å². The molecule has 2 rings (SSSR count). The fourth-order valence-electron chi connectivity index (χ4n) is 2.30. The van der Waals surface area contributed by atoms with Crippen LogP contribution in [0.15, 0.2) is 35.7 Å². The zero-order valence-corrected chi connectivity index (χ0v) is 14.7. The summed E-state index contributed by atoms with van der Waals surface area (Å²) in [4.78, 5) is 23.9. The molecule has 0 radical (unpaired) electrons. The average molecular weight is 390 g/mol. The highest BCUT2D eigenvalue weighted by Crippen LogP contribution is 2.24. The lowest BCUT2D eigenvalue weighted by molar-refractivity contribution is -0.141. The van der Waals surface area contributed by atoms with Crippen molar-refractivity contribution in [2.45, 2.75) is 36.9 Å².